The van der Waals surface area contributed by atoms with E-state index in [0.717, 1.165) is 11.3 Å². The second kappa shape index (κ2) is 7.46. The predicted octanol–water partition coefficient (Wildman–Crippen LogP) is 3.91. The maximum atomic E-state index is 13.1. The van der Waals surface area contributed by atoms with Gasteiger partial charge in [-0.25, -0.2) is 0 Å². The minimum atomic E-state index is -0.573. The first kappa shape index (κ1) is 18.4. The number of amides is 2. The smallest absolute Gasteiger partial charge is 0.267 e. The normalized spacial score (nSPS) is 14.8. The van der Waals surface area contributed by atoms with E-state index in [9.17, 15) is 14.9 Å². The van der Waals surface area contributed by atoms with Gasteiger partial charge >= 0.3 is 0 Å². The Balaban J connectivity index is 2.06. The summed E-state index contributed by atoms with van der Waals surface area (Å²) in [4.78, 5) is 27.5. The number of carbonyl (C=O) groups is 2. The molecule has 0 bridgehead atoms. The summed E-state index contributed by atoms with van der Waals surface area (Å²) < 4.78 is 0. The van der Waals surface area contributed by atoms with Crippen LogP contribution in [-0.4, -0.2) is 18.4 Å². The van der Waals surface area contributed by atoms with Gasteiger partial charge in [0.15, 0.2) is 0 Å². The van der Waals surface area contributed by atoms with E-state index in [0.29, 0.717) is 17.8 Å². The average molecular weight is 359 g/mol. The molecule has 1 aliphatic rings. The Morgan fingerprint density at radius 3 is 2.48 bits per heavy atom. The van der Waals surface area contributed by atoms with Crippen LogP contribution in [0.3, 0.4) is 0 Å². The van der Waals surface area contributed by atoms with Crippen LogP contribution in [0, 0.1) is 24.2 Å². The lowest BCUT2D eigenvalue weighted by Crippen LogP contribution is -2.31. The van der Waals surface area contributed by atoms with Crippen molar-refractivity contribution in [3.63, 3.8) is 0 Å². The highest BCUT2D eigenvalue weighted by atomic mass is 16.2. The maximum Gasteiger partial charge on any atom is 0.267 e. The van der Waals surface area contributed by atoms with Crippen LogP contribution in [0.15, 0.2) is 54.1 Å². The molecule has 0 atom stereocenters. The Labute approximate surface area is 158 Å². The first-order valence-corrected chi connectivity index (χ1v) is 8.86. The number of hydrogen-bond donors (Lipinski definition) is 1. The number of fused-ring (bicyclic) bond motifs is 1. The molecule has 0 unspecified atom stereocenters. The van der Waals surface area contributed by atoms with E-state index in [1.807, 2.05) is 57.2 Å². The molecule has 0 spiro atoms. The maximum absolute atomic E-state index is 13.1. The van der Waals surface area contributed by atoms with Crippen molar-refractivity contribution in [3.8, 4) is 6.07 Å². The molecular weight excluding hydrogens is 338 g/mol. The standard InChI is InChI=1S/C22H21N3O2/c1-14(2)13-25-19-11-7-5-9-16(19)20(22(25)27)17(12-23)21(26)24-18-10-6-4-8-15(18)3/h4-11,14H,13H2,1-3H3,(H,24,26). The largest absolute Gasteiger partial charge is 0.321 e. The number of rotatable bonds is 4. The number of benzene rings is 2. The van der Waals surface area contributed by atoms with Gasteiger partial charge in [-0.05, 0) is 30.5 Å². The van der Waals surface area contributed by atoms with Crippen LogP contribution in [-0.2, 0) is 9.59 Å². The van der Waals surface area contributed by atoms with Crippen molar-refractivity contribution in [1.29, 1.82) is 5.26 Å². The Kier molecular flexibility index (Phi) is 5.09. The van der Waals surface area contributed by atoms with Gasteiger partial charge in [0.05, 0.1) is 11.3 Å². The van der Waals surface area contributed by atoms with Gasteiger partial charge in [-0.1, -0.05) is 50.2 Å². The van der Waals surface area contributed by atoms with Crippen molar-refractivity contribution in [2.75, 3.05) is 16.8 Å². The van der Waals surface area contributed by atoms with Gasteiger partial charge in [0.25, 0.3) is 11.8 Å². The van der Waals surface area contributed by atoms with Crippen LogP contribution in [0.1, 0.15) is 25.0 Å². The Morgan fingerprint density at radius 1 is 1.15 bits per heavy atom. The number of hydrogen-bond acceptors (Lipinski definition) is 3. The lowest BCUT2D eigenvalue weighted by atomic mass is 10.0. The lowest BCUT2D eigenvalue weighted by molar-refractivity contribution is -0.114. The van der Waals surface area contributed by atoms with Crippen LogP contribution in [0.25, 0.3) is 5.57 Å². The van der Waals surface area contributed by atoms with Crippen LogP contribution in [0.5, 0.6) is 0 Å². The zero-order valence-electron chi connectivity index (χ0n) is 15.6. The van der Waals surface area contributed by atoms with E-state index in [4.69, 9.17) is 0 Å². The van der Waals surface area contributed by atoms with E-state index in [2.05, 4.69) is 5.32 Å². The molecule has 2 amide bonds. The third-order valence-electron chi connectivity index (χ3n) is 4.45. The second-order valence-electron chi connectivity index (χ2n) is 6.96. The molecule has 5 heteroatoms. The fraction of sp³-hybridized carbons (Fsp3) is 0.227. The van der Waals surface area contributed by atoms with Gasteiger partial charge in [-0.3, -0.25) is 9.59 Å². The molecule has 136 valence electrons. The number of nitrogens with zero attached hydrogens (tertiary/aromatic N) is 2. The van der Waals surface area contributed by atoms with Crippen molar-refractivity contribution in [2.45, 2.75) is 20.8 Å². The minimum Gasteiger partial charge on any atom is -0.321 e. The molecule has 2 aromatic carbocycles. The first-order valence-electron chi connectivity index (χ1n) is 8.86. The molecule has 0 radical (unpaired) electrons. The fourth-order valence-corrected chi connectivity index (χ4v) is 3.19. The molecule has 1 aliphatic heterocycles. The fourth-order valence-electron chi connectivity index (χ4n) is 3.19. The van der Waals surface area contributed by atoms with Crippen molar-refractivity contribution < 1.29 is 9.59 Å². The molecule has 0 saturated heterocycles. The molecule has 27 heavy (non-hydrogen) atoms. The highest BCUT2D eigenvalue weighted by Gasteiger charge is 2.36. The molecule has 0 aliphatic carbocycles. The average Bonchev–Trinajstić information content (AvgIpc) is 2.90. The van der Waals surface area contributed by atoms with E-state index in [1.165, 1.54) is 0 Å². The number of para-hydroxylation sites is 2. The summed E-state index contributed by atoms with van der Waals surface area (Å²) in [5.74, 6) is -0.620. The van der Waals surface area contributed by atoms with Gasteiger partial charge < -0.3 is 10.2 Å². The van der Waals surface area contributed by atoms with E-state index in [1.54, 1.807) is 23.1 Å². The van der Waals surface area contributed by atoms with E-state index < -0.39 is 5.91 Å². The molecule has 0 fully saturated rings. The summed E-state index contributed by atoms with van der Waals surface area (Å²) in [6.07, 6.45) is 0. The molecule has 1 heterocycles. The van der Waals surface area contributed by atoms with Crippen molar-refractivity contribution in [1.82, 2.24) is 0 Å². The summed E-state index contributed by atoms with van der Waals surface area (Å²) in [5, 5.41) is 12.4. The zero-order chi connectivity index (χ0) is 19.6. The lowest BCUT2D eigenvalue weighted by Gasteiger charge is -2.19. The second-order valence-corrected chi connectivity index (χ2v) is 6.96. The highest BCUT2D eigenvalue weighted by Crippen LogP contribution is 2.38. The van der Waals surface area contributed by atoms with Crippen molar-refractivity contribution >= 4 is 28.8 Å². The SMILES string of the molecule is Cc1ccccc1NC(=O)C(C#N)=C1C(=O)N(CC(C)C)c2ccccc21. The topological polar surface area (TPSA) is 73.2 Å². The van der Waals surface area contributed by atoms with Crippen molar-refractivity contribution in [2.24, 2.45) is 5.92 Å². The van der Waals surface area contributed by atoms with E-state index >= 15 is 0 Å². The van der Waals surface area contributed by atoms with Crippen molar-refractivity contribution in [3.05, 3.63) is 65.2 Å². The molecule has 0 saturated carbocycles. The number of nitriles is 1. The highest BCUT2D eigenvalue weighted by molar-refractivity contribution is 6.37. The third kappa shape index (κ3) is 3.47. The van der Waals surface area contributed by atoms with Crippen LogP contribution in [0.4, 0.5) is 11.4 Å². The summed E-state index contributed by atoms with van der Waals surface area (Å²) in [7, 11) is 0. The monoisotopic (exact) mass is 359 g/mol. The summed E-state index contributed by atoms with van der Waals surface area (Å²) >= 11 is 0. The molecule has 2 aromatic rings. The van der Waals surface area contributed by atoms with Gasteiger partial charge in [-0.2, -0.15) is 5.26 Å². The molecule has 5 nitrogen and oxygen atoms in total. The summed E-state index contributed by atoms with van der Waals surface area (Å²) in [5.41, 5.74) is 2.87. The van der Waals surface area contributed by atoms with E-state index in [-0.39, 0.29) is 23.0 Å². The number of anilines is 2. The summed E-state index contributed by atoms with van der Waals surface area (Å²) in [6, 6.07) is 16.5. The van der Waals surface area contributed by atoms with Crippen LogP contribution in [0.2, 0.25) is 0 Å². The van der Waals surface area contributed by atoms with Gasteiger partial charge in [-0.15, -0.1) is 0 Å². The number of aryl methyl sites for hydroxylation is 1. The molecular formula is C22H21N3O2. The predicted molar refractivity (Wildman–Crippen MR) is 106 cm³/mol. The minimum absolute atomic E-state index is 0.165. The Bertz CT molecular complexity index is 983. The van der Waals surface area contributed by atoms with Crippen LogP contribution >= 0.6 is 0 Å². The number of nitrogens with one attached hydrogen (secondary N) is 1. The Morgan fingerprint density at radius 2 is 1.81 bits per heavy atom. The Hall–Kier alpha value is -3.39. The summed E-state index contributed by atoms with van der Waals surface area (Å²) in [6.45, 7) is 6.44. The van der Waals surface area contributed by atoms with Crippen LogP contribution < -0.4 is 10.2 Å². The number of carbonyl (C=O) groups excluding carboxylic acids is 2. The molecule has 1 N–H and O–H groups in total. The van der Waals surface area contributed by atoms with Gasteiger partial charge in [0.2, 0.25) is 0 Å². The molecule has 0 aromatic heterocycles. The van der Waals surface area contributed by atoms with Gasteiger partial charge in [0.1, 0.15) is 11.6 Å². The first-order chi connectivity index (χ1) is 12.9. The van der Waals surface area contributed by atoms with Gasteiger partial charge in [0, 0.05) is 17.8 Å². The quantitative estimate of drug-likeness (QED) is 0.664. The zero-order valence-corrected chi connectivity index (χ0v) is 15.6. The third-order valence-corrected chi connectivity index (χ3v) is 4.45. The molecule has 3 rings (SSSR count).